The van der Waals surface area contributed by atoms with E-state index in [1.807, 2.05) is 0 Å². The monoisotopic (exact) mass is 1350 g/mol. The summed E-state index contributed by atoms with van der Waals surface area (Å²) in [6.07, 6.45) is 52.0. The van der Waals surface area contributed by atoms with E-state index in [0.717, 1.165) is 102 Å². The third-order valence-electron chi connectivity index (χ3n) is 17.0. The molecule has 546 valence electrons. The van der Waals surface area contributed by atoms with Crippen LogP contribution in [0, 0.1) is 11.8 Å². The number of ether oxygens (including phenoxy) is 4. The molecule has 0 aliphatic heterocycles. The third kappa shape index (κ3) is 66.7. The highest BCUT2D eigenvalue weighted by atomic mass is 31.2. The number of phosphoric acid groups is 2. The lowest BCUT2D eigenvalue weighted by molar-refractivity contribution is -0.161. The SMILES string of the molecule is CCCCCCCCCCCCCCCCCCC(=O)OC[C@H](COP(=O)(O)OC[C@@H](O)COP(=O)(O)OC[C@@H](COC(=O)CCCCCCC)OC(=O)CCCCCCCCCC(C)C)OC(=O)CCCCCCCCCCCCCCCCCCCCC(C)C. The zero-order valence-electron chi connectivity index (χ0n) is 59.9. The van der Waals surface area contributed by atoms with Gasteiger partial charge in [-0.25, -0.2) is 9.13 Å². The largest absolute Gasteiger partial charge is 0.472 e. The summed E-state index contributed by atoms with van der Waals surface area (Å²) in [5, 5.41) is 10.6. The Kier molecular flexibility index (Phi) is 63.7. The lowest BCUT2D eigenvalue weighted by atomic mass is 10.0. The van der Waals surface area contributed by atoms with E-state index >= 15 is 0 Å². The normalized spacial score (nSPS) is 14.1. The third-order valence-corrected chi connectivity index (χ3v) is 18.9. The number of phosphoric ester groups is 2. The standard InChI is InChI=1S/C73H142O17P2/c1-7-9-11-13-14-15-16-17-18-24-27-30-33-38-44-50-56-71(76)84-62-69(90-72(77)57-51-45-39-34-31-28-25-22-20-19-21-23-26-29-32-36-42-47-53-65(3)4)64-88-92(81,82)86-60-67(74)59-85-91(79,80)87-63-68(61-83-70(75)55-49-41-12-10-8-2)89-73(78)58-52-46-40-35-37-43-48-54-66(5)6/h65-69,74H,7-64H2,1-6H3,(H,79,80)(H,81,82)/t67-,68+,69+/m0/s1. The van der Waals surface area contributed by atoms with Gasteiger partial charge in [0.2, 0.25) is 0 Å². The Hall–Kier alpha value is -1.94. The Balaban J connectivity index is 5.12. The van der Waals surface area contributed by atoms with Gasteiger partial charge in [-0.15, -0.1) is 0 Å². The second-order valence-corrected chi connectivity index (χ2v) is 30.2. The number of aliphatic hydroxyl groups excluding tert-OH is 1. The maximum atomic E-state index is 13.1. The molecule has 0 saturated heterocycles. The molecule has 2 unspecified atom stereocenters. The maximum absolute atomic E-state index is 13.1. The van der Waals surface area contributed by atoms with Gasteiger partial charge < -0.3 is 33.8 Å². The van der Waals surface area contributed by atoms with E-state index < -0.39 is 97.5 Å². The van der Waals surface area contributed by atoms with Crippen molar-refractivity contribution in [3.05, 3.63) is 0 Å². The molecule has 0 radical (unpaired) electrons. The number of hydrogen-bond acceptors (Lipinski definition) is 15. The zero-order valence-corrected chi connectivity index (χ0v) is 61.6. The fourth-order valence-electron chi connectivity index (χ4n) is 11.1. The lowest BCUT2D eigenvalue weighted by Gasteiger charge is -2.21. The van der Waals surface area contributed by atoms with E-state index in [2.05, 4.69) is 41.5 Å². The van der Waals surface area contributed by atoms with Gasteiger partial charge in [0, 0.05) is 25.7 Å². The van der Waals surface area contributed by atoms with Crippen molar-refractivity contribution in [1.29, 1.82) is 0 Å². The minimum Gasteiger partial charge on any atom is -0.462 e. The van der Waals surface area contributed by atoms with Gasteiger partial charge in [0.05, 0.1) is 26.4 Å². The molecule has 0 aliphatic rings. The van der Waals surface area contributed by atoms with Gasteiger partial charge in [-0.05, 0) is 37.5 Å². The predicted octanol–water partition coefficient (Wildman–Crippen LogP) is 21.2. The number of esters is 4. The highest BCUT2D eigenvalue weighted by molar-refractivity contribution is 7.47. The minimum absolute atomic E-state index is 0.103. The van der Waals surface area contributed by atoms with Crippen molar-refractivity contribution in [3.63, 3.8) is 0 Å². The van der Waals surface area contributed by atoms with E-state index in [4.69, 9.17) is 37.0 Å². The molecule has 0 aromatic heterocycles. The Morgan fingerprint density at radius 2 is 0.500 bits per heavy atom. The lowest BCUT2D eigenvalue weighted by Crippen LogP contribution is -2.30. The van der Waals surface area contributed by atoms with Crippen LogP contribution in [0.3, 0.4) is 0 Å². The number of hydrogen-bond donors (Lipinski definition) is 3. The van der Waals surface area contributed by atoms with Crippen molar-refractivity contribution >= 4 is 39.5 Å². The van der Waals surface area contributed by atoms with Crippen molar-refractivity contribution in [2.75, 3.05) is 39.6 Å². The molecule has 3 N–H and O–H groups in total. The maximum Gasteiger partial charge on any atom is 0.472 e. The summed E-state index contributed by atoms with van der Waals surface area (Å²) >= 11 is 0. The molecule has 5 atom stereocenters. The van der Waals surface area contributed by atoms with Crippen LogP contribution in [0.5, 0.6) is 0 Å². The van der Waals surface area contributed by atoms with E-state index in [1.165, 1.54) is 186 Å². The van der Waals surface area contributed by atoms with Crippen LogP contribution in [0.1, 0.15) is 375 Å². The Morgan fingerprint density at radius 1 is 0.293 bits per heavy atom. The molecule has 0 aromatic rings. The van der Waals surface area contributed by atoms with Gasteiger partial charge in [0.15, 0.2) is 12.2 Å². The van der Waals surface area contributed by atoms with Crippen molar-refractivity contribution in [2.45, 2.75) is 394 Å². The average molecular weight is 1350 g/mol. The first-order chi connectivity index (χ1) is 44.4. The number of rotatable bonds is 72. The second kappa shape index (κ2) is 65.0. The summed E-state index contributed by atoms with van der Waals surface area (Å²) in [7, 11) is -9.89. The molecule has 0 bridgehead atoms. The predicted molar refractivity (Wildman–Crippen MR) is 372 cm³/mol. The quantitative estimate of drug-likeness (QED) is 0.0222. The number of carbonyl (C=O) groups excluding carboxylic acids is 4. The van der Waals surface area contributed by atoms with Gasteiger partial charge in [-0.3, -0.25) is 37.3 Å². The Labute approximate surface area is 562 Å². The molecule has 0 heterocycles. The number of aliphatic hydroxyl groups is 1. The van der Waals surface area contributed by atoms with E-state index in [9.17, 15) is 43.2 Å². The molecular formula is C73H142O17P2. The highest BCUT2D eigenvalue weighted by Gasteiger charge is 2.30. The first kappa shape index (κ1) is 90.1. The number of carbonyl (C=O) groups is 4. The summed E-state index contributed by atoms with van der Waals surface area (Å²) in [5.41, 5.74) is 0. The molecule has 0 saturated carbocycles. The summed E-state index contributed by atoms with van der Waals surface area (Å²) in [6, 6.07) is 0. The van der Waals surface area contributed by atoms with Gasteiger partial charge >= 0.3 is 39.5 Å². The zero-order chi connectivity index (χ0) is 67.9. The molecule has 92 heavy (non-hydrogen) atoms. The van der Waals surface area contributed by atoms with Crippen LogP contribution in [0.2, 0.25) is 0 Å². The molecule has 0 aromatic carbocycles. The Bertz CT molecular complexity index is 1790. The van der Waals surface area contributed by atoms with Crippen molar-refractivity contribution in [2.24, 2.45) is 11.8 Å². The van der Waals surface area contributed by atoms with Crippen LogP contribution in [0.25, 0.3) is 0 Å². The van der Waals surface area contributed by atoms with E-state index in [1.54, 1.807) is 0 Å². The first-order valence-electron chi connectivity index (χ1n) is 38.0. The van der Waals surface area contributed by atoms with Crippen LogP contribution in [-0.4, -0.2) is 96.7 Å². The Morgan fingerprint density at radius 3 is 0.739 bits per heavy atom. The summed E-state index contributed by atoms with van der Waals surface area (Å²) in [6.45, 7) is 9.45. The van der Waals surface area contributed by atoms with Crippen LogP contribution in [-0.2, 0) is 65.4 Å². The molecule has 19 heteroatoms. The molecule has 0 amide bonds. The molecule has 0 rings (SSSR count). The van der Waals surface area contributed by atoms with E-state index in [-0.39, 0.29) is 25.7 Å². The summed E-state index contributed by atoms with van der Waals surface area (Å²) in [4.78, 5) is 72.3. The molecule has 0 spiro atoms. The summed E-state index contributed by atoms with van der Waals surface area (Å²) < 4.78 is 68.1. The van der Waals surface area contributed by atoms with Crippen LogP contribution < -0.4 is 0 Å². The molecular weight excluding hydrogens is 1210 g/mol. The fraction of sp³-hybridized carbons (Fsp3) is 0.945. The van der Waals surface area contributed by atoms with Crippen LogP contribution >= 0.6 is 15.6 Å². The van der Waals surface area contributed by atoms with Crippen molar-refractivity contribution < 1.29 is 80.2 Å². The molecule has 0 fully saturated rings. The highest BCUT2D eigenvalue weighted by Crippen LogP contribution is 2.45. The minimum atomic E-state index is -4.95. The first-order valence-corrected chi connectivity index (χ1v) is 41.0. The van der Waals surface area contributed by atoms with Crippen molar-refractivity contribution in [3.8, 4) is 0 Å². The van der Waals surface area contributed by atoms with Gasteiger partial charge in [0.25, 0.3) is 0 Å². The van der Waals surface area contributed by atoms with Gasteiger partial charge in [0.1, 0.15) is 19.3 Å². The van der Waals surface area contributed by atoms with Crippen LogP contribution in [0.15, 0.2) is 0 Å². The number of unbranched alkanes of at least 4 members (excludes halogenated alkanes) is 42. The summed E-state index contributed by atoms with van der Waals surface area (Å²) in [5.74, 6) is -0.617. The van der Waals surface area contributed by atoms with Gasteiger partial charge in [-0.2, -0.15) is 0 Å². The topological polar surface area (TPSA) is 237 Å². The fourth-order valence-corrected chi connectivity index (χ4v) is 12.7. The molecule has 17 nitrogen and oxygen atoms in total. The molecule has 0 aliphatic carbocycles. The smallest absolute Gasteiger partial charge is 0.462 e. The van der Waals surface area contributed by atoms with Gasteiger partial charge in [-0.1, -0.05) is 324 Å². The van der Waals surface area contributed by atoms with Crippen molar-refractivity contribution in [1.82, 2.24) is 0 Å². The average Bonchev–Trinajstić information content (AvgIpc) is 2.87. The van der Waals surface area contributed by atoms with Crippen LogP contribution in [0.4, 0.5) is 0 Å². The second-order valence-electron chi connectivity index (χ2n) is 27.3. The van der Waals surface area contributed by atoms with E-state index in [0.29, 0.717) is 31.6 Å².